The zero-order valence-electron chi connectivity index (χ0n) is 13.8. The molecule has 25 heavy (non-hydrogen) atoms. The Morgan fingerprint density at radius 2 is 1.96 bits per heavy atom. The zero-order valence-corrected chi connectivity index (χ0v) is 14.6. The lowest BCUT2D eigenvalue weighted by Gasteiger charge is -2.12. The van der Waals surface area contributed by atoms with Gasteiger partial charge in [-0.1, -0.05) is 29.8 Å². The molecule has 0 aliphatic heterocycles. The Bertz CT molecular complexity index is 869. The van der Waals surface area contributed by atoms with Gasteiger partial charge in [-0.3, -0.25) is 9.59 Å². The Morgan fingerprint density at radius 3 is 2.64 bits per heavy atom. The summed E-state index contributed by atoms with van der Waals surface area (Å²) in [5, 5.41) is 7.71. The summed E-state index contributed by atoms with van der Waals surface area (Å²) < 4.78 is 4.86. The van der Waals surface area contributed by atoms with Crippen molar-refractivity contribution in [2.45, 2.75) is 19.9 Å². The van der Waals surface area contributed by atoms with Gasteiger partial charge in [0.05, 0.1) is 17.5 Å². The van der Waals surface area contributed by atoms with Crippen molar-refractivity contribution >= 4 is 28.3 Å². The summed E-state index contributed by atoms with van der Waals surface area (Å²) in [6, 6.07) is 8.84. The summed E-state index contributed by atoms with van der Waals surface area (Å²) in [4.78, 5) is 28.6. The average molecular weight is 355 g/mol. The number of thiazole rings is 1. The van der Waals surface area contributed by atoms with E-state index in [1.54, 1.807) is 6.92 Å². The maximum absolute atomic E-state index is 12.2. The van der Waals surface area contributed by atoms with E-state index < -0.39 is 6.04 Å². The Balaban J connectivity index is 1.61. The summed E-state index contributed by atoms with van der Waals surface area (Å²) in [5.41, 5.74) is 3.34. The van der Waals surface area contributed by atoms with Gasteiger partial charge in [-0.15, -0.1) is 11.3 Å². The van der Waals surface area contributed by atoms with Crippen LogP contribution in [0.3, 0.4) is 0 Å². The van der Waals surface area contributed by atoms with Crippen molar-refractivity contribution in [3.8, 4) is 11.3 Å². The molecule has 2 amide bonds. The van der Waals surface area contributed by atoms with Crippen molar-refractivity contribution in [2.75, 3.05) is 5.32 Å². The highest BCUT2D eigenvalue weighted by Gasteiger charge is 2.18. The number of nitrogens with one attached hydrogen (secondary N) is 2. The Labute approximate surface area is 148 Å². The fraction of sp³-hybridized carbons (Fsp3) is 0.167. The van der Waals surface area contributed by atoms with Crippen LogP contribution in [0.1, 0.15) is 22.8 Å². The summed E-state index contributed by atoms with van der Waals surface area (Å²) in [6.45, 7) is 3.64. The minimum Gasteiger partial charge on any atom is -0.472 e. The number of hydrogen-bond acceptors (Lipinski definition) is 5. The summed E-state index contributed by atoms with van der Waals surface area (Å²) in [7, 11) is 0. The summed E-state index contributed by atoms with van der Waals surface area (Å²) in [5.74, 6) is -0.697. The maximum Gasteiger partial charge on any atom is 0.255 e. The summed E-state index contributed by atoms with van der Waals surface area (Å²) >= 11 is 1.34. The Morgan fingerprint density at radius 1 is 1.20 bits per heavy atom. The van der Waals surface area contributed by atoms with Gasteiger partial charge in [0.25, 0.3) is 5.91 Å². The van der Waals surface area contributed by atoms with E-state index in [-0.39, 0.29) is 11.8 Å². The molecule has 3 aromatic rings. The van der Waals surface area contributed by atoms with Crippen LogP contribution in [-0.4, -0.2) is 22.8 Å². The Kier molecular flexibility index (Phi) is 4.95. The molecule has 2 N–H and O–H groups in total. The molecule has 0 spiro atoms. The largest absolute Gasteiger partial charge is 0.472 e. The number of rotatable bonds is 5. The fourth-order valence-electron chi connectivity index (χ4n) is 2.14. The van der Waals surface area contributed by atoms with Crippen LogP contribution < -0.4 is 10.6 Å². The number of hydrogen-bond donors (Lipinski definition) is 2. The number of carbonyl (C=O) groups is 2. The molecule has 0 radical (unpaired) electrons. The molecule has 0 fully saturated rings. The van der Waals surface area contributed by atoms with Gasteiger partial charge in [0.15, 0.2) is 5.13 Å². The van der Waals surface area contributed by atoms with E-state index in [1.807, 2.05) is 36.6 Å². The minimum atomic E-state index is -0.700. The molecule has 1 atom stereocenters. The topological polar surface area (TPSA) is 84.2 Å². The minimum absolute atomic E-state index is 0.332. The van der Waals surface area contributed by atoms with Crippen molar-refractivity contribution < 1.29 is 14.0 Å². The molecule has 0 bridgehead atoms. The van der Waals surface area contributed by atoms with E-state index in [1.165, 1.54) is 35.5 Å². The monoisotopic (exact) mass is 355 g/mol. The summed E-state index contributed by atoms with van der Waals surface area (Å²) in [6.07, 6.45) is 2.73. The fourth-order valence-corrected chi connectivity index (χ4v) is 2.86. The maximum atomic E-state index is 12.2. The van der Waals surface area contributed by atoms with Gasteiger partial charge in [-0.2, -0.15) is 0 Å². The van der Waals surface area contributed by atoms with Crippen molar-refractivity contribution in [3.05, 3.63) is 59.4 Å². The molecule has 3 rings (SSSR count). The predicted molar refractivity (Wildman–Crippen MR) is 96.6 cm³/mol. The molecule has 1 aromatic carbocycles. The number of benzene rings is 1. The molecular formula is C18H17N3O3S. The lowest BCUT2D eigenvalue weighted by Crippen LogP contribution is -2.41. The second-order valence-corrected chi connectivity index (χ2v) is 6.46. The number of carbonyl (C=O) groups excluding carboxylic acids is 2. The molecule has 0 aliphatic rings. The van der Waals surface area contributed by atoms with Crippen molar-refractivity contribution in [1.29, 1.82) is 0 Å². The number of aromatic nitrogens is 1. The van der Waals surface area contributed by atoms with Crippen molar-refractivity contribution in [3.63, 3.8) is 0 Å². The van der Waals surface area contributed by atoms with Gasteiger partial charge in [0, 0.05) is 10.9 Å². The molecule has 1 unspecified atom stereocenters. The molecule has 0 saturated carbocycles. The first kappa shape index (κ1) is 16.9. The molecule has 7 heteroatoms. The molecule has 128 valence electrons. The molecule has 2 aromatic heterocycles. The van der Waals surface area contributed by atoms with Crippen LogP contribution in [0, 0.1) is 6.92 Å². The van der Waals surface area contributed by atoms with Crippen LogP contribution in [0.25, 0.3) is 11.3 Å². The predicted octanol–water partition coefficient (Wildman–Crippen LogP) is 3.47. The van der Waals surface area contributed by atoms with Crippen molar-refractivity contribution in [2.24, 2.45) is 0 Å². The third-order valence-corrected chi connectivity index (χ3v) is 4.36. The van der Waals surface area contributed by atoms with Crippen LogP contribution in [0.2, 0.25) is 0 Å². The number of furan rings is 1. The van der Waals surface area contributed by atoms with Gasteiger partial charge in [0.1, 0.15) is 12.3 Å². The SMILES string of the molecule is Cc1ccc(-c2csc(NC(=O)C(C)NC(=O)c3ccoc3)n2)cc1. The number of aryl methyl sites for hydroxylation is 1. The normalized spacial score (nSPS) is 11.8. The van der Waals surface area contributed by atoms with Crippen molar-refractivity contribution in [1.82, 2.24) is 10.3 Å². The van der Waals surface area contributed by atoms with Crippen LogP contribution in [0.5, 0.6) is 0 Å². The lowest BCUT2D eigenvalue weighted by atomic mass is 10.1. The molecule has 0 aliphatic carbocycles. The second-order valence-electron chi connectivity index (χ2n) is 5.60. The number of amides is 2. The first-order valence-electron chi connectivity index (χ1n) is 7.69. The zero-order chi connectivity index (χ0) is 17.8. The molecule has 6 nitrogen and oxygen atoms in total. The smallest absolute Gasteiger partial charge is 0.255 e. The standard InChI is InChI=1S/C18H17N3O3S/c1-11-3-5-13(6-4-11)15-10-25-18(20-15)21-16(22)12(2)19-17(23)14-7-8-24-9-14/h3-10,12H,1-2H3,(H,19,23)(H,20,21,22). The van der Waals surface area contributed by atoms with Gasteiger partial charge in [0.2, 0.25) is 5.91 Å². The molecule has 2 heterocycles. The van der Waals surface area contributed by atoms with Crippen LogP contribution in [0.4, 0.5) is 5.13 Å². The van der Waals surface area contributed by atoms with E-state index in [0.717, 1.165) is 11.3 Å². The highest BCUT2D eigenvalue weighted by atomic mass is 32.1. The first-order chi connectivity index (χ1) is 12.0. The van der Waals surface area contributed by atoms with Crippen LogP contribution in [-0.2, 0) is 4.79 Å². The van der Waals surface area contributed by atoms with Gasteiger partial charge in [-0.25, -0.2) is 4.98 Å². The van der Waals surface area contributed by atoms with E-state index in [2.05, 4.69) is 15.6 Å². The van der Waals surface area contributed by atoms with Gasteiger partial charge >= 0.3 is 0 Å². The average Bonchev–Trinajstić information content (AvgIpc) is 3.27. The number of anilines is 1. The quantitative estimate of drug-likeness (QED) is 0.734. The molecular weight excluding hydrogens is 338 g/mol. The third-order valence-electron chi connectivity index (χ3n) is 3.61. The van der Waals surface area contributed by atoms with E-state index >= 15 is 0 Å². The number of nitrogens with zero attached hydrogens (tertiary/aromatic N) is 1. The van der Waals surface area contributed by atoms with E-state index in [4.69, 9.17) is 4.42 Å². The van der Waals surface area contributed by atoms with Crippen LogP contribution in [0.15, 0.2) is 52.7 Å². The lowest BCUT2D eigenvalue weighted by molar-refractivity contribution is -0.117. The van der Waals surface area contributed by atoms with Gasteiger partial charge in [-0.05, 0) is 19.9 Å². The van der Waals surface area contributed by atoms with Gasteiger partial charge < -0.3 is 15.1 Å². The van der Waals surface area contributed by atoms with E-state index in [9.17, 15) is 9.59 Å². The molecule has 0 saturated heterocycles. The third kappa shape index (κ3) is 4.13. The second kappa shape index (κ2) is 7.31. The highest BCUT2D eigenvalue weighted by Crippen LogP contribution is 2.25. The van der Waals surface area contributed by atoms with E-state index in [0.29, 0.717) is 10.7 Å². The van der Waals surface area contributed by atoms with Crippen LogP contribution >= 0.6 is 11.3 Å². The Hall–Kier alpha value is -2.93. The first-order valence-corrected chi connectivity index (χ1v) is 8.57. The highest BCUT2D eigenvalue weighted by molar-refractivity contribution is 7.14.